The summed E-state index contributed by atoms with van der Waals surface area (Å²) >= 11 is 1.83. The first kappa shape index (κ1) is 45.8. The molecule has 2 aromatic heterocycles. The van der Waals surface area contributed by atoms with Crippen molar-refractivity contribution in [3.8, 4) is 112 Å². The van der Waals surface area contributed by atoms with Crippen LogP contribution in [-0.2, 0) is 0 Å². The zero-order chi connectivity index (χ0) is 51.1. The maximum Gasteiger partial charge on any atom is 0.160 e. The first-order valence-corrected chi connectivity index (χ1v) is 27.0. The van der Waals surface area contributed by atoms with Crippen LogP contribution in [0.15, 0.2) is 291 Å². The Labute approximate surface area is 452 Å². The van der Waals surface area contributed by atoms with E-state index < -0.39 is 0 Å². The highest BCUT2D eigenvalue weighted by atomic mass is 32.1. The lowest BCUT2D eigenvalue weighted by Crippen LogP contribution is -1.96. The molecule has 0 aliphatic carbocycles. The summed E-state index contributed by atoms with van der Waals surface area (Å²) < 4.78 is 2.50. The zero-order valence-electron chi connectivity index (χ0n) is 42.0. The van der Waals surface area contributed by atoms with E-state index in [1.165, 1.54) is 75.5 Å². The predicted octanol–water partition coefficient (Wildman–Crippen LogP) is 20.7. The molecule has 12 aromatic carbocycles. The number of nitrogens with zero attached hydrogens (tertiary/aromatic N) is 2. The molecule has 360 valence electrons. The van der Waals surface area contributed by atoms with Gasteiger partial charge in [-0.25, -0.2) is 9.97 Å². The van der Waals surface area contributed by atoms with Crippen LogP contribution in [0.2, 0.25) is 0 Å². The fourth-order valence-electron chi connectivity index (χ4n) is 11.1. The van der Waals surface area contributed by atoms with Gasteiger partial charge >= 0.3 is 0 Å². The normalized spacial score (nSPS) is 11.4. The fourth-order valence-corrected chi connectivity index (χ4v) is 12.2. The SMILES string of the molecule is c1ccc(-c2cc(-c3cccc(-c4cc(-c5ccc(-c6ccccc6)c(-c6ccccc6)c5)cc(-c5ccc(-c6ccccc6)c(-c6ccccc6)c5)c4)c3)nc(-c3ccc4c(c3)sc3ccc5ccccc5c34)n2)cc1. The summed E-state index contributed by atoms with van der Waals surface area (Å²) in [5.74, 6) is 0.696. The number of fused-ring (bicyclic) bond motifs is 5. The van der Waals surface area contributed by atoms with E-state index in [1.54, 1.807) is 0 Å². The first-order chi connectivity index (χ1) is 38.1. The number of aromatic nitrogens is 2. The van der Waals surface area contributed by atoms with E-state index in [9.17, 15) is 0 Å². The number of thiophene rings is 1. The predicted molar refractivity (Wildman–Crippen MR) is 327 cm³/mol. The lowest BCUT2D eigenvalue weighted by Gasteiger charge is -2.17. The van der Waals surface area contributed by atoms with Crippen molar-refractivity contribution in [2.24, 2.45) is 0 Å². The molecule has 77 heavy (non-hydrogen) atoms. The van der Waals surface area contributed by atoms with E-state index in [0.717, 1.165) is 61.5 Å². The van der Waals surface area contributed by atoms with E-state index in [1.807, 2.05) is 11.3 Å². The number of rotatable bonds is 10. The van der Waals surface area contributed by atoms with Gasteiger partial charge in [0.2, 0.25) is 0 Å². The number of hydrogen-bond donors (Lipinski definition) is 0. The van der Waals surface area contributed by atoms with Crippen molar-refractivity contribution in [1.29, 1.82) is 0 Å². The molecule has 14 rings (SSSR count). The molecular weight excluding hydrogens is 949 g/mol. The molecule has 0 N–H and O–H groups in total. The topological polar surface area (TPSA) is 25.8 Å². The second-order valence-electron chi connectivity index (χ2n) is 19.7. The van der Waals surface area contributed by atoms with Gasteiger partial charge in [0.15, 0.2) is 5.82 Å². The van der Waals surface area contributed by atoms with Crippen molar-refractivity contribution >= 4 is 42.3 Å². The minimum atomic E-state index is 0.696. The third-order valence-electron chi connectivity index (χ3n) is 14.9. The largest absolute Gasteiger partial charge is 0.228 e. The van der Waals surface area contributed by atoms with E-state index in [2.05, 4.69) is 291 Å². The van der Waals surface area contributed by atoms with Crippen LogP contribution in [0.25, 0.3) is 143 Å². The Hall–Kier alpha value is -9.80. The molecule has 3 heteroatoms. The third-order valence-corrected chi connectivity index (χ3v) is 16.0. The van der Waals surface area contributed by atoms with Crippen molar-refractivity contribution < 1.29 is 0 Å². The second-order valence-corrected chi connectivity index (χ2v) is 20.7. The van der Waals surface area contributed by atoms with Gasteiger partial charge in [-0.1, -0.05) is 237 Å². The number of benzene rings is 12. The summed E-state index contributed by atoms with van der Waals surface area (Å²) in [4.78, 5) is 10.7. The Morgan fingerprint density at radius 2 is 0.649 bits per heavy atom. The van der Waals surface area contributed by atoms with Crippen molar-refractivity contribution in [3.05, 3.63) is 291 Å². The van der Waals surface area contributed by atoms with Crippen LogP contribution in [0, 0.1) is 0 Å². The first-order valence-electron chi connectivity index (χ1n) is 26.2. The van der Waals surface area contributed by atoms with Crippen molar-refractivity contribution in [3.63, 3.8) is 0 Å². The lowest BCUT2D eigenvalue weighted by molar-refractivity contribution is 1.18. The standard InChI is InChI=1S/C74H48N2S/c1-6-19-49(20-7-1)63-37-33-56(45-67(63)51-23-10-3-11-24-51)61-42-60(43-62(44-61)57-34-38-64(50-21-8-2-9-22-50)68(46-57)52-25-12-4-13-26-52)55-30-18-31-58(41-55)70-48-69(54-28-14-5-15-29-54)75-74(76-70)59-35-39-66-72(47-59)77-71-40-36-53-27-16-17-32-65(53)73(66)71/h1-48H. The monoisotopic (exact) mass is 996 g/mol. The Kier molecular flexibility index (Phi) is 11.8. The van der Waals surface area contributed by atoms with Gasteiger partial charge in [0, 0.05) is 36.9 Å². The van der Waals surface area contributed by atoms with Crippen molar-refractivity contribution in [1.82, 2.24) is 9.97 Å². The highest BCUT2D eigenvalue weighted by molar-refractivity contribution is 7.26. The summed E-state index contributed by atoms with van der Waals surface area (Å²) in [5.41, 5.74) is 21.1. The van der Waals surface area contributed by atoms with Crippen molar-refractivity contribution in [2.75, 3.05) is 0 Å². The van der Waals surface area contributed by atoms with Gasteiger partial charge < -0.3 is 0 Å². The summed E-state index contributed by atoms with van der Waals surface area (Å²) in [6.45, 7) is 0. The average molecular weight is 997 g/mol. The second kappa shape index (κ2) is 19.8. The smallest absolute Gasteiger partial charge is 0.160 e. The molecule has 0 unspecified atom stereocenters. The summed E-state index contributed by atoms with van der Waals surface area (Å²) in [6.07, 6.45) is 0. The van der Waals surface area contributed by atoms with Gasteiger partial charge in [0.1, 0.15) is 0 Å². The van der Waals surface area contributed by atoms with E-state index in [0.29, 0.717) is 5.82 Å². The van der Waals surface area contributed by atoms with Gasteiger partial charge in [-0.15, -0.1) is 11.3 Å². The summed E-state index contributed by atoms with van der Waals surface area (Å²) in [6, 6.07) is 105. The Morgan fingerprint density at radius 1 is 0.221 bits per heavy atom. The average Bonchev–Trinajstić information content (AvgIpc) is 3.93. The van der Waals surface area contributed by atoms with E-state index in [4.69, 9.17) is 9.97 Å². The number of hydrogen-bond acceptors (Lipinski definition) is 3. The minimum Gasteiger partial charge on any atom is -0.228 e. The molecule has 0 spiro atoms. The van der Waals surface area contributed by atoms with E-state index in [-0.39, 0.29) is 0 Å². The maximum atomic E-state index is 5.41. The molecule has 14 aromatic rings. The van der Waals surface area contributed by atoms with Crippen LogP contribution < -0.4 is 0 Å². The molecule has 0 fully saturated rings. The van der Waals surface area contributed by atoms with Gasteiger partial charge in [-0.2, -0.15) is 0 Å². The molecule has 0 saturated heterocycles. The summed E-state index contributed by atoms with van der Waals surface area (Å²) in [7, 11) is 0. The molecule has 0 atom stereocenters. The molecular formula is C74H48N2S. The van der Waals surface area contributed by atoms with Crippen LogP contribution in [0.1, 0.15) is 0 Å². The van der Waals surface area contributed by atoms with Crippen LogP contribution >= 0.6 is 11.3 Å². The fraction of sp³-hybridized carbons (Fsp3) is 0. The van der Waals surface area contributed by atoms with Crippen LogP contribution in [0.4, 0.5) is 0 Å². The highest BCUT2D eigenvalue weighted by Gasteiger charge is 2.18. The highest BCUT2D eigenvalue weighted by Crippen LogP contribution is 2.43. The van der Waals surface area contributed by atoms with Crippen LogP contribution in [0.3, 0.4) is 0 Å². The molecule has 0 aliphatic heterocycles. The van der Waals surface area contributed by atoms with Crippen LogP contribution in [0.5, 0.6) is 0 Å². The maximum absolute atomic E-state index is 5.41. The Bertz CT molecular complexity index is 4330. The van der Waals surface area contributed by atoms with Gasteiger partial charge in [0.25, 0.3) is 0 Å². The Balaban J connectivity index is 0.933. The zero-order valence-corrected chi connectivity index (χ0v) is 42.8. The molecule has 2 nitrogen and oxygen atoms in total. The van der Waals surface area contributed by atoms with Crippen molar-refractivity contribution in [2.45, 2.75) is 0 Å². The molecule has 0 amide bonds. The van der Waals surface area contributed by atoms with Crippen LogP contribution in [-0.4, -0.2) is 9.97 Å². The van der Waals surface area contributed by atoms with Gasteiger partial charge in [0.05, 0.1) is 11.4 Å². The van der Waals surface area contributed by atoms with E-state index >= 15 is 0 Å². The molecule has 0 saturated carbocycles. The quantitative estimate of drug-likeness (QED) is 0.136. The van der Waals surface area contributed by atoms with Gasteiger partial charge in [-0.3, -0.25) is 0 Å². The lowest BCUT2D eigenvalue weighted by atomic mass is 9.87. The summed E-state index contributed by atoms with van der Waals surface area (Å²) in [5, 5.41) is 5.09. The minimum absolute atomic E-state index is 0.696. The van der Waals surface area contributed by atoms with Gasteiger partial charge in [-0.05, 0) is 143 Å². The molecule has 2 heterocycles. The molecule has 0 radical (unpaired) electrons. The Morgan fingerprint density at radius 3 is 1.21 bits per heavy atom. The molecule has 0 bridgehead atoms. The third kappa shape index (κ3) is 8.89. The molecule has 0 aliphatic rings.